The molecule has 344 valence electrons. The molecule has 1 aliphatic rings. The summed E-state index contributed by atoms with van der Waals surface area (Å²) in [6, 6.07) is 5.69. The number of anilines is 1. The number of hydrogen-bond acceptors (Lipinski definition) is 8. The molecule has 0 bridgehead atoms. The third-order valence-electron chi connectivity index (χ3n) is 9.79. The number of carbonyl (C=O) groups is 2. The highest BCUT2D eigenvalue weighted by molar-refractivity contribution is 8.00. The number of aromatic nitrogens is 3. The maximum Gasteiger partial charge on any atom is 0.431 e. The smallest absolute Gasteiger partial charge is 0.431 e. The molecule has 2 unspecified atom stereocenters. The zero-order valence-corrected chi connectivity index (χ0v) is 36.4. The molecule has 0 spiro atoms. The van der Waals surface area contributed by atoms with Gasteiger partial charge in [0.25, 0.3) is 5.92 Å². The van der Waals surface area contributed by atoms with Crippen molar-refractivity contribution in [2.75, 3.05) is 23.4 Å². The number of rotatable bonds is 11. The van der Waals surface area contributed by atoms with Gasteiger partial charge in [-0.25, -0.2) is 22.9 Å². The van der Waals surface area contributed by atoms with Crippen LogP contribution in [0.1, 0.15) is 50.2 Å². The Morgan fingerprint density at radius 1 is 1.11 bits per heavy atom. The second kappa shape index (κ2) is 18.6. The normalized spacial score (nSPS) is 17.8. The fraction of sp³-hybridized carbons (Fsp3) is 0.375. The van der Waals surface area contributed by atoms with Crippen molar-refractivity contribution in [3.63, 3.8) is 0 Å². The van der Waals surface area contributed by atoms with Gasteiger partial charge in [-0.1, -0.05) is 30.5 Å². The lowest BCUT2D eigenvalue weighted by molar-refractivity contribution is -0.141. The molecule has 11 nitrogen and oxygen atoms in total. The topological polar surface area (TPSA) is 156 Å². The number of carboxylic acid groups (broad SMARTS) is 1. The number of benzene rings is 2. The molecule has 2 aromatic heterocycles. The van der Waals surface area contributed by atoms with Crippen molar-refractivity contribution in [3.05, 3.63) is 87.3 Å². The lowest BCUT2D eigenvalue weighted by Gasteiger charge is -2.23. The number of hydrogen-bond donors (Lipinski definition) is 3. The van der Waals surface area contributed by atoms with E-state index in [9.17, 15) is 54.0 Å². The lowest BCUT2D eigenvalue weighted by Crippen LogP contribution is -2.34. The zero-order valence-electron chi connectivity index (χ0n) is 34.0. The predicted octanol–water partition coefficient (Wildman–Crippen LogP) is 9.15. The van der Waals surface area contributed by atoms with E-state index in [2.05, 4.69) is 32.2 Å². The minimum Gasteiger partial charge on any atom is -0.464 e. The van der Waals surface area contributed by atoms with Crippen molar-refractivity contribution < 1.29 is 62.8 Å². The van der Waals surface area contributed by atoms with Crippen molar-refractivity contribution in [2.45, 2.75) is 69.2 Å². The maximum atomic E-state index is 15.1. The minimum atomic E-state index is -5.24. The Balaban J connectivity index is 1.81. The van der Waals surface area contributed by atoms with E-state index < -0.39 is 124 Å². The van der Waals surface area contributed by atoms with Gasteiger partial charge in [0.2, 0.25) is 5.91 Å². The van der Waals surface area contributed by atoms with Crippen molar-refractivity contribution in [3.8, 4) is 23.0 Å². The first-order valence-electron chi connectivity index (χ1n) is 18.5. The van der Waals surface area contributed by atoms with E-state index in [-0.39, 0.29) is 38.5 Å². The van der Waals surface area contributed by atoms with Gasteiger partial charge in [0, 0.05) is 52.5 Å². The minimum absolute atomic E-state index is 0.103. The summed E-state index contributed by atoms with van der Waals surface area (Å²) in [4.78, 5) is 34.2. The summed E-state index contributed by atoms with van der Waals surface area (Å²) in [5.74, 6) is -3.76. The first-order valence-corrected chi connectivity index (χ1v) is 21.6. The van der Waals surface area contributed by atoms with Crippen LogP contribution in [0.2, 0.25) is 5.02 Å². The highest BCUT2D eigenvalue weighted by Gasteiger charge is 2.52. The SMILES string of the molecule is CSN(C(=O)O)c1nn(CC(F)(F)F)c2c(-c3ccc(C#CC(C)(C)S(C)=O)nc3C(Cc3cc(F)cc(F)c3)NC(=O)CN=C3C(=C(N)C(F)(F)F)[C@@H](C)CC3(F)F)ccc(Cl)c12. The Kier molecular flexibility index (Phi) is 14.5. The fourth-order valence-corrected chi connectivity index (χ4v) is 7.71. The second-order valence-corrected chi connectivity index (χ2v) is 18.0. The number of nitrogens with two attached hydrogens (primary N) is 1. The number of alkyl halides is 8. The summed E-state index contributed by atoms with van der Waals surface area (Å²) in [6.45, 7) is 1.13. The van der Waals surface area contributed by atoms with Crippen molar-refractivity contribution in [2.24, 2.45) is 16.6 Å². The van der Waals surface area contributed by atoms with Crippen LogP contribution in [0.15, 0.2) is 58.7 Å². The number of nitrogens with one attached hydrogen (secondary N) is 1. The molecule has 1 aliphatic carbocycles. The van der Waals surface area contributed by atoms with Crippen molar-refractivity contribution in [1.82, 2.24) is 20.1 Å². The van der Waals surface area contributed by atoms with E-state index in [1.165, 1.54) is 36.8 Å². The number of halogens is 11. The van der Waals surface area contributed by atoms with Gasteiger partial charge in [-0.2, -0.15) is 40.2 Å². The number of allylic oxidation sites excluding steroid dienone is 2. The summed E-state index contributed by atoms with van der Waals surface area (Å²) in [5, 5.41) is 15.9. The molecule has 2 aromatic carbocycles. The van der Waals surface area contributed by atoms with Gasteiger partial charge in [-0.3, -0.25) is 18.7 Å². The molecule has 0 saturated heterocycles. The molecule has 0 aliphatic heterocycles. The number of pyridine rings is 1. The van der Waals surface area contributed by atoms with Crippen LogP contribution in [-0.2, 0) is 28.6 Å². The number of nitrogens with zero attached hydrogens (tertiary/aromatic N) is 5. The number of aliphatic imine (C=N–C) groups is 1. The first kappa shape index (κ1) is 49.7. The summed E-state index contributed by atoms with van der Waals surface area (Å²) in [6.07, 6.45) is -10.8. The quantitative estimate of drug-likeness (QED) is 0.0764. The Morgan fingerprint density at radius 2 is 1.73 bits per heavy atom. The van der Waals surface area contributed by atoms with E-state index in [0.717, 1.165) is 19.1 Å². The third-order valence-corrected chi connectivity index (χ3v) is 12.3. The molecular formula is C40H36ClF10N7O4S2. The Bertz CT molecular complexity index is 2640. The first-order chi connectivity index (χ1) is 29.5. The van der Waals surface area contributed by atoms with Crippen molar-refractivity contribution >= 4 is 68.8 Å². The molecule has 5 rings (SSSR count). The molecule has 1 saturated carbocycles. The zero-order chi connectivity index (χ0) is 47.9. The average molecular weight is 968 g/mol. The summed E-state index contributed by atoms with van der Waals surface area (Å²) < 4.78 is 155. The van der Waals surface area contributed by atoms with Crippen molar-refractivity contribution in [1.29, 1.82) is 0 Å². The molecular weight excluding hydrogens is 932 g/mol. The average Bonchev–Trinajstić information content (AvgIpc) is 3.63. The summed E-state index contributed by atoms with van der Waals surface area (Å²) in [5.41, 5.74) is -0.219. The molecule has 4 aromatic rings. The van der Waals surface area contributed by atoms with E-state index in [1.54, 1.807) is 13.8 Å². The molecule has 24 heteroatoms. The largest absolute Gasteiger partial charge is 0.464 e. The van der Waals surface area contributed by atoms with Crippen LogP contribution in [0.5, 0.6) is 0 Å². The molecule has 2 heterocycles. The summed E-state index contributed by atoms with van der Waals surface area (Å²) >= 11 is 7.11. The van der Waals surface area contributed by atoms with Gasteiger partial charge in [-0.05, 0) is 79.9 Å². The third kappa shape index (κ3) is 11.1. The van der Waals surface area contributed by atoms with E-state index in [4.69, 9.17) is 17.3 Å². The van der Waals surface area contributed by atoms with Crippen LogP contribution in [0.4, 0.5) is 54.5 Å². The van der Waals surface area contributed by atoms with E-state index in [1.807, 2.05) is 0 Å². The highest BCUT2D eigenvalue weighted by atomic mass is 35.5. The van der Waals surface area contributed by atoms with E-state index >= 15 is 8.78 Å². The summed E-state index contributed by atoms with van der Waals surface area (Å²) in [7, 11) is -1.52. The van der Waals surface area contributed by atoms with Gasteiger partial charge in [0.15, 0.2) is 5.82 Å². The molecule has 3 atom stereocenters. The number of carbonyl (C=O) groups excluding carboxylic acids is 1. The van der Waals surface area contributed by atoms with Gasteiger partial charge in [0.05, 0.1) is 27.7 Å². The predicted molar refractivity (Wildman–Crippen MR) is 222 cm³/mol. The lowest BCUT2D eigenvalue weighted by atomic mass is 9.93. The van der Waals surface area contributed by atoms with Gasteiger partial charge < -0.3 is 16.2 Å². The molecule has 1 fully saturated rings. The molecule has 4 N–H and O–H groups in total. The number of amides is 2. The Morgan fingerprint density at radius 3 is 2.30 bits per heavy atom. The van der Waals surface area contributed by atoms with Gasteiger partial charge in [-0.15, -0.1) is 0 Å². The van der Waals surface area contributed by atoms with Crippen LogP contribution >= 0.6 is 23.5 Å². The Hall–Kier alpha value is -5.34. The molecule has 0 radical (unpaired) electrons. The molecule has 64 heavy (non-hydrogen) atoms. The van der Waals surface area contributed by atoms with Crippen LogP contribution in [-0.4, -0.2) is 83.9 Å². The fourth-order valence-electron chi connectivity index (χ4n) is 6.82. The highest BCUT2D eigenvalue weighted by Crippen LogP contribution is 2.45. The van der Waals surface area contributed by atoms with E-state index in [0.29, 0.717) is 27.0 Å². The van der Waals surface area contributed by atoms with Crippen LogP contribution < -0.4 is 15.4 Å². The van der Waals surface area contributed by atoms with Crippen LogP contribution in [0.25, 0.3) is 22.0 Å². The Labute approximate surface area is 370 Å². The standard InChI is InChI=1S/C40H36ClF10N7O4S2/c1-19-16-38(44,45)34(29(19)33(52)40(49,50)51)53-17-28(59)55-27(14-20-12-21(42)15-22(43)13-20)31-24(7-6-23(54-31)10-11-37(2,3)64(5)62)25-8-9-26(41)30-32(25)57(18-39(46,47)48)56-35(30)58(63-4)36(60)61/h6-9,12-13,15,19,27H,14,16-18,52H2,1-5H3,(H,55,59)(H,60,61)/t19-,27?,64?/m0/s1. The van der Waals surface area contributed by atoms with Crippen LogP contribution in [0.3, 0.4) is 0 Å². The second-order valence-electron chi connectivity index (χ2n) is 14.9. The van der Waals surface area contributed by atoms with Gasteiger partial charge in [0.1, 0.15) is 46.6 Å². The molecule has 2 amide bonds. The number of fused-ring (bicyclic) bond motifs is 1. The maximum absolute atomic E-state index is 15.1. The van der Waals surface area contributed by atoms with Crippen LogP contribution in [0, 0.1) is 29.4 Å². The van der Waals surface area contributed by atoms with Gasteiger partial charge >= 0.3 is 18.4 Å². The monoisotopic (exact) mass is 967 g/mol.